The van der Waals surface area contributed by atoms with E-state index in [2.05, 4.69) is 10.5 Å². The van der Waals surface area contributed by atoms with E-state index >= 15 is 0 Å². The Bertz CT molecular complexity index is 841. The molecule has 26 heavy (non-hydrogen) atoms. The molecule has 2 amide bonds. The van der Waals surface area contributed by atoms with Crippen LogP contribution in [0.1, 0.15) is 11.3 Å². The van der Waals surface area contributed by atoms with Gasteiger partial charge in [-0.1, -0.05) is 35.5 Å². The van der Waals surface area contributed by atoms with Gasteiger partial charge in [0, 0.05) is 17.7 Å². The maximum absolute atomic E-state index is 12.2. The maximum atomic E-state index is 12.2. The van der Waals surface area contributed by atoms with Crippen molar-refractivity contribution < 1.29 is 18.8 Å². The highest BCUT2D eigenvalue weighted by Crippen LogP contribution is 2.25. The molecule has 0 saturated carbocycles. The third kappa shape index (κ3) is 3.73. The largest absolute Gasteiger partial charge is 0.360 e. The molecule has 1 atom stereocenters. The molecule has 0 radical (unpaired) electrons. The SMILES string of the molecule is Cc1c(CNC(=O)C(=O)N2CCOC(C#N)C2)noc1-c1ccccc1. The van der Waals surface area contributed by atoms with Crippen LogP contribution in [0.3, 0.4) is 0 Å². The molecule has 8 nitrogen and oxygen atoms in total. The van der Waals surface area contributed by atoms with E-state index in [1.165, 1.54) is 4.90 Å². The first kappa shape index (κ1) is 17.6. The molecule has 2 heterocycles. The van der Waals surface area contributed by atoms with Crippen LogP contribution in [-0.4, -0.2) is 47.7 Å². The highest BCUT2D eigenvalue weighted by molar-refractivity contribution is 6.35. The molecule has 134 valence electrons. The van der Waals surface area contributed by atoms with Gasteiger partial charge in [-0.2, -0.15) is 5.26 Å². The molecule has 1 fully saturated rings. The molecule has 1 aliphatic heterocycles. The quantitative estimate of drug-likeness (QED) is 0.824. The summed E-state index contributed by atoms with van der Waals surface area (Å²) in [4.78, 5) is 25.6. The zero-order valence-electron chi connectivity index (χ0n) is 14.3. The van der Waals surface area contributed by atoms with Crippen molar-refractivity contribution in [2.45, 2.75) is 19.6 Å². The van der Waals surface area contributed by atoms with E-state index in [0.29, 0.717) is 11.5 Å². The number of amides is 2. The first-order chi connectivity index (χ1) is 12.6. The van der Waals surface area contributed by atoms with Crippen molar-refractivity contribution in [1.82, 2.24) is 15.4 Å². The van der Waals surface area contributed by atoms with Crippen molar-refractivity contribution in [3.63, 3.8) is 0 Å². The minimum absolute atomic E-state index is 0.0821. The van der Waals surface area contributed by atoms with Gasteiger partial charge in [-0.05, 0) is 6.92 Å². The van der Waals surface area contributed by atoms with E-state index in [1.54, 1.807) is 0 Å². The molecule has 3 rings (SSSR count). The molecule has 8 heteroatoms. The van der Waals surface area contributed by atoms with E-state index in [4.69, 9.17) is 14.5 Å². The van der Waals surface area contributed by atoms with Crippen LogP contribution in [0.15, 0.2) is 34.9 Å². The number of morpholine rings is 1. The normalized spacial score (nSPS) is 16.8. The fourth-order valence-electron chi connectivity index (χ4n) is 2.69. The smallest absolute Gasteiger partial charge is 0.312 e. The lowest BCUT2D eigenvalue weighted by molar-refractivity contribution is -0.149. The maximum Gasteiger partial charge on any atom is 0.312 e. The van der Waals surface area contributed by atoms with Gasteiger partial charge in [0.05, 0.1) is 25.8 Å². The van der Waals surface area contributed by atoms with Gasteiger partial charge in [0.15, 0.2) is 11.9 Å². The van der Waals surface area contributed by atoms with Crippen LogP contribution in [0.4, 0.5) is 0 Å². The summed E-state index contributed by atoms with van der Waals surface area (Å²) in [6.07, 6.45) is -0.702. The van der Waals surface area contributed by atoms with E-state index < -0.39 is 17.9 Å². The first-order valence-corrected chi connectivity index (χ1v) is 8.19. The lowest BCUT2D eigenvalue weighted by atomic mass is 10.1. The highest BCUT2D eigenvalue weighted by Gasteiger charge is 2.28. The van der Waals surface area contributed by atoms with Gasteiger partial charge in [0.25, 0.3) is 0 Å². The van der Waals surface area contributed by atoms with Gasteiger partial charge >= 0.3 is 11.8 Å². The van der Waals surface area contributed by atoms with Crippen molar-refractivity contribution in [2.24, 2.45) is 0 Å². The Morgan fingerprint density at radius 1 is 1.38 bits per heavy atom. The van der Waals surface area contributed by atoms with Crippen LogP contribution in [0.25, 0.3) is 11.3 Å². The number of benzene rings is 1. The Balaban J connectivity index is 1.61. The number of ether oxygens (including phenoxy) is 1. The molecule has 1 unspecified atom stereocenters. The Labute approximate surface area is 150 Å². The van der Waals surface area contributed by atoms with Gasteiger partial charge < -0.3 is 19.5 Å². The topological polar surface area (TPSA) is 108 Å². The van der Waals surface area contributed by atoms with Crippen molar-refractivity contribution in [3.05, 3.63) is 41.6 Å². The molecule has 0 aliphatic carbocycles. The number of nitrogens with zero attached hydrogens (tertiary/aromatic N) is 3. The summed E-state index contributed by atoms with van der Waals surface area (Å²) in [6, 6.07) is 11.5. The molecule has 2 aromatic rings. The second-order valence-corrected chi connectivity index (χ2v) is 5.87. The zero-order chi connectivity index (χ0) is 18.5. The van der Waals surface area contributed by atoms with Gasteiger partial charge in [-0.15, -0.1) is 0 Å². The molecule has 1 saturated heterocycles. The van der Waals surface area contributed by atoms with Crippen LogP contribution in [0.5, 0.6) is 0 Å². The minimum atomic E-state index is -0.743. The lowest BCUT2D eigenvalue weighted by Crippen LogP contribution is -2.50. The average molecular weight is 354 g/mol. The Hall–Kier alpha value is -3.18. The molecule has 1 aromatic carbocycles. The van der Waals surface area contributed by atoms with Gasteiger partial charge in [0.1, 0.15) is 5.69 Å². The lowest BCUT2D eigenvalue weighted by Gasteiger charge is -2.29. The van der Waals surface area contributed by atoms with Crippen molar-refractivity contribution in [1.29, 1.82) is 5.26 Å². The summed E-state index contributed by atoms with van der Waals surface area (Å²) in [7, 11) is 0. The molecule has 1 aromatic heterocycles. The second-order valence-electron chi connectivity index (χ2n) is 5.87. The van der Waals surface area contributed by atoms with Crippen LogP contribution < -0.4 is 5.32 Å². The number of hydrogen-bond donors (Lipinski definition) is 1. The van der Waals surface area contributed by atoms with Crippen molar-refractivity contribution >= 4 is 11.8 Å². The van der Waals surface area contributed by atoms with Crippen molar-refractivity contribution in [3.8, 4) is 17.4 Å². The monoisotopic (exact) mass is 354 g/mol. The van der Waals surface area contributed by atoms with E-state index in [9.17, 15) is 9.59 Å². The predicted molar refractivity (Wildman–Crippen MR) is 90.5 cm³/mol. The summed E-state index contributed by atoms with van der Waals surface area (Å²) in [5.41, 5.74) is 2.25. The molecular weight excluding hydrogens is 336 g/mol. The third-order valence-corrected chi connectivity index (χ3v) is 4.16. The third-order valence-electron chi connectivity index (χ3n) is 4.16. The number of nitrogens with one attached hydrogen (secondary N) is 1. The Morgan fingerprint density at radius 3 is 2.88 bits per heavy atom. The van der Waals surface area contributed by atoms with Crippen LogP contribution in [0, 0.1) is 18.3 Å². The summed E-state index contributed by atoms with van der Waals surface area (Å²) in [5, 5.41) is 15.4. The van der Waals surface area contributed by atoms with Crippen LogP contribution in [-0.2, 0) is 20.9 Å². The fourth-order valence-corrected chi connectivity index (χ4v) is 2.69. The van der Waals surface area contributed by atoms with E-state index in [1.807, 2.05) is 43.3 Å². The molecular formula is C18H18N4O4. The van der Waals surface area contributed by atoms with Crippen molar-refractivity contribution in [2.75, 3.05) is 19.7 Å². The first-order valence-electron chi connectivity index (χ1n) is 8.19. The van der Waals surface area contributed by atoms with Crippen LogP contribution in [0.2, 0.25) is 0 Å². The van der Waals surface area contributed by atoms with Crippen LogP contribution >= 0.6 is 0 Å². The summed E-state index contributed by atoms with van der Waals surface area (Å²) in [6.45, 7) is 2.54. The Kier molecular flexibility index (Phi) is 5.29. The second kappa shape index (κ2) is 7.80. The summed E-state index contributed by atoms with van der Waals surface area (Å²) in [5.74, 6) is -0.795. The summed E-state index contributed by atoms with van der Waals surface area (Å²) < 4.78 is 10.5. The highest BCUT2D eigenvalue weighted by atomic mass is 16.5. The fraction of sp³-hybridized carbons (Fsp3) is 0.333. The molecule has 0 bridgehead atoms. The zero-order valence-corrected chi connectivity index (χ0v) is 14.3. The number of aromatic nitrogens is 1. The number of nitriles is 1. The minimum Gasteiger partial charge on any atom is -0.360 e. The number of rotatable bonds is 3. The Morgan fingerprint density at radius 2 is 2.15 bits per heavy atom. The number of hydrogen-bond acceptors (Lipinski definition) is 6. The van der Waals surface area contributed by atoms with Gasteiger partial charge in [0.2, 0.25) is 0 Å². The summed E-state index contributed by atoms with van der Waals surface area (Å²) >= 11 is 0. The van der Waals surface area contributed by atoms with E-state index in [0.717, 1.165) is 11.1 Å². The molecule has 1 N–H and O–H groups in total. The predicted octanol–water partition coefficient (Wildman–Crippen LogP) is 1.02. The molecule has 0 spiro atoms. The van der Waals surface area contributed by atoms with Gasteiger partial charge in [-0.3, -0.25) is 9.59 Å². The average Bonchev–Trinajstić information content (AvgIpc) is 3.06. The number of carbonyl (C=O) groups is 2. The number of carbonyl (C=O) groups excluding carboxylic acids is 2. The van der Waals surface area contributed by atoms with E-state index in [-0.39, 0.29) is 26.2 Å². The van der Waals surface area contributed by atoms with Gasteiger partial charge in [-0.25, -0.2) is 0 Å². The molecule has 1 aliphatic rings. The standard InChI is InChI=1S/C18H18N4O4/c1-12-15(21-26-16(12)13-5-3-2-4-6-13)10-20-17(23)18(24)22-7-8-25-14(9-19)11-22/h2-6,14H,7-8,10-11H2,1H3,(H,20,23).